The van der Waals surface area contributed by atoms with Crippen LogP contribution in [-0.2, 0) is 0 Å². The quantitative estimate of drug-likeness (QED) is 0.447. The normalized spacial score (nSPS) is 12.5. The highest BCUT2D eigenvalue weighted by atomic mass is 35.5. The Hall–Kier alpha value is -0.540. The lowest BCUT2D eigenvalue weighted by Crippen LogP contribution is -1.98. The Balaban J connectivity index is 2.52. The Morgan fingerprint density at radius 1 is 0.789 bits per heavy atom. The first kappa shape index (κ1) is 14.9. The van der Waals surface area contributed by atoms with Crippen LogP contribution in [0.5, 0.6) is 0 Å². The summed E-state index contributed by atoms with van der Waals surface area (Å²) in [5, 5.41) is -0.00213. The second-order valence-electron chi connectivity index (χ2n) is 3.82. The summed E-state index contributed by atoms with van der Waals surface area (Å²) in [4.78, 5) is 0. The van der Waals surface area contributed by atoms with Gasteiger partial charge in [0.2, 0.25) is 0 Å². The van der Waals surface area contributed by atoms with Crippen LogP contribution < -0.4 is 0 Å². The summed E-state index contributed by atoms with van der Waals surface area (Å²) in [6.45, 7) is 0. The minimum Gasteiger partial charge on any atom is -0.204 e. The number of hydrogen-bond acceptors (Lipinski definition) is 0. The highest BCUT2D eigenvalue weighted by Crippen LogP contribution is 2.38. The number of benzene rings is 2. The molecular formula is C13H6Cl4F2. The van der Waals surface area contributed by atoms with E-state index in [0.717, 1.165) is 12.1 Å². The lowest BCUT2D eigenvalue weighted by atomic mass is 10.0. The summed E-state index contributed by atoms with van der Waals surface area (Å²) in [5.74, 6) is -2.06. The van der Waals surface area contributed by atoms with Gasteiger partial charge in [0.05, 0.1) is 5.38 Å². The molecule has 2 aromatic rings. The van der Waals surface area contributed by atoms with Crippen molar-refractivity contribution in [2.24, 2.45) is 0 Å². The number of rotatable bonds is 2. The van der Waals surface area contributed by atoms with Crippen molar-refractivity contribution in [3.8, 4) is 0 Å². The van der Waals surface area contributed by atoms with Crippen LogP contribution in [0.25, 0.3) is 0 Å². The third-order valence-corrected chi connectivity index (χ3v) is 3.92. The van der Waals surface area contributed by atoms with Gasteiger partial charge in [-0.3, -0.25) is 0 Å². The van der Waals surface area contributed by atoms with Crippen molar-refractivity contribution < 1.29 is 8.78 Å². The van der Waals surface area contributed by atoms with E-state index in [-0.39, 0.29) is 10.6 Å². The highest BCUT2D eigenvalue weighted by Gasteiger charge is 2.20. The van der Waals surface area contributed by atoms with Crippen LogP contribution >= 0.6 is 46.4 Å². The first-order valence-electron chi connectivity index (χ1n) is 5.13. The number of alkyl halides is 1. The molecule has 0 nitrogen and oxygen atoms in total. The molecule has 0 heterocycles. The molecule has 0 aliphatic carbocycles. The molecule has 0 spiro atoms. The van der Waals surface area contributed by atoms with Crippen LogP contribution in [0.2, 0.25) is 15.1 Å². The Kier molecular flexibility index (Phi) is 4.57. The van der Waals surface area contributed by atoms with Crippen LogP contribution in [0.15, 0.2) is 30.3 Å². The van der Waals surface area contributed by atoms with Gasteiger partial charge in [0, 0.05) is 15.1 Å². The molecule has 100 valence electrons. The van der Waals surface area contributed by atoms with E-state index in [1.807, 2.05) is 0 Å². The first-order valence-corrected chi connectivity index (χ1v) is 6.70. The van der Waals surface area contributed by atoms with Crippen LogP contribution in [0.1, 0.15) is 16.5 Å². The molecule has 19 heavy (non-hydrogen) atoms. The molecule has 0 radical (unpaired) electrons. The van der Waals surface area contributed by atoms with E-state index in [2.05, 4.69) is 0 Å². The van der Waals surface area contributed by atoms with E-state index in [4.69, 9.17) is 46.4 Å². The highest BCUT2D eigenvalue weighted by molar-refractivity contribution is 6.36. The Morgan fingerprint density at radius 3 is 2.05 bits per heavy atom. The summed E-state index contributed by atoms with van der Waals surface area (Å²) >= 11 is 24.0. The van der Waals surface area contributed by atoms with E-state index in [1.165, 1.54) is 0 Å². The monoisotopic (exact) mass is 340 g/mol. The molecule has 0 aliphatic rings. The molecule has 0 fully saturated rings. The van der Waals surface area contributed by atoms with Crippen LogP contribution in [-0.4, -0.2) is 0 Å². The third-order valence-electron chi connectivity index (χ3n) is 2.54. The van der Waals surface area contributed by atoms with Gasteiger partial charge in [-0.25, -0.2) is 8.78 Å². The molecule has 0 aromatic heterocycles. The average Bonchev–Trinajstić information content (AvgIpc) is 2.36. The molecule has 6 heteroatoms. The van der Waals surface area contributed by atoms with E-state index < -0.39 is 17.0 Å². The van der Waals surface area contributed by atoms with Gasteiger partial charge in [-0.2, -0.15) is 0 Å². The van der Waals surface area contributed by atoms with Gasteiger partial charge in [-0.1, -0.05) is 34.8 Å². The van der Waals surface area contributed by atoms with Crippen molar-refractivity contribution in [1.29, 1.82) is 0 Å². The number of hydrogen-bond donors (Lipinski definition) is 0. The predicted octanol–water partition coefficient (Wildman–Crippen LogP) is 6.25. The molecule has 2 rings (SSSR count). The first-order chi connectivity index (χ1) is 8.90. The van der Waals surface area contributed by atoms with Gasteiger partial charge in [0.1, 0.15) is 0 Å². The third kappa shape index (κ3) is 3.14. The molecule has 0 aliphatic heterocycles. The number of halogens is 6. The van der Waals surface area contributed by atoms with Crippen LogP contribution in [0.4, 0.5) is 8.78 Å². The standard InChI is InChI=1S/C13H6Cl4F2/c14-6-1-2-9(15)7(3-6)13(17)8-4-11(18)12(19)5-10(8)16/h1-5,13H. The van der Waals surface area contributed by atoms with Crippen molar-refractivity contribution >= 4 is 46.4 Å². The summed E-state index contributed by atoms with van der Waals surface area (Å²) in [6.07, 6.45) is 0. The maximum Gasteiger partial charge on any atom is 0.160 e. The average molecular weight is 342 g/mol. The zero-order chi connectivity index (χ0) is 14.2. The van der Waals surface area contributed by atoms with Gasteiger partial charge >= 0.3 is 0 Å². The van der Waals surface area contributed by atoms with Crippen LogP contribution in [0.3, 0.4) is 0 Å². The Morgan fingerprint density at radius 2 is 1.37 bits per heavy atom. The Labute approximate surface area is 128 Å². The topological polar surface area (TPSA) is 0 Å². The van der Waals surface area contributed by atoms with Crippen molar-refractivity contribution in [2.75, 3.05) is 0 Å². The van der Waals surface area contributed by atoms with E-state index >= 15 is 0 Å². The largest absolute Gasteiger partial charge is 0.204 e. The zero-order valence-corrected chi connectivity index (χ0v) is 12.3. The lowest BCUT2D eigenvalue weighted by molar-refractivity contribution is 0.507. The maximum atomic E-state index is 13.3. The lowest BCUT2D eigenvalue weighted by Gasteiger charge is -2.14. The molecule has 0 amide bonds. The van der Waals surface area contributed by atoms with Crippen molar-refractivity contribution in [3.05, 3.63) is 68.2 Å². The predicted molar refractivity (Wildman–Crippen MR) is 75.5 cm³/mol. The second kappa shape index (κ2) is 5.84. The van der Waals surface area contributed by atoms with Crippen molar-refractivity contribution in [2.45, 2.75) is 5.38 Å². The van der Waals surface area contributed by atoms with Crippen LogP contribution in [0, 0.1) is 11.6 Å². The van der Waals surface area contributed by atoms with Crippen molar-refractivity contribution in [3.63, 3.8) is 0 Å². The summed E-state index contributed by atoms with van der Waals surface area (Å²) < 4.78 is 26.3. The molecule has 0 saturated heterocycles. The van der Waals surface area contributed by atoms with E-state index in [9.17, 15) is 8.78 Å². The molecule has 1 atom stereocenters. The van der Waals surface area contributed by atoms with Gasteiger partial charge in [0.15, 0.2) is 11.6 Å². The van der Waals surface area contributed by atoms with Crippen molar-refractivity contribution in [1.82, 2.24) is 0 Å². The smallest absolute Gasteiger partial charge is 0.160 e. The van der Waals surface area contributed by atoms with E-state index in [0.29, 0.717) is 15.6 Å². The fourth-order valence-electron chi connectivity index (χ4n) is 1.61. The zero-order valence-electron chi connectivity index (χ0n) is 9.23. The van der Waals surface area contributed by atoms with E-state index in [1.54, 1.807) is 18.2 Å². The van der Waals surface area contributed by atoms with Gasteiger partial charge in [0.25, 0.3) is 0 Å². The molecule has 0 saturated carbocycles. The maximum absolute atomic E-state index is 13.3. The minimum absolute atomic E-state index is 0.0231. The minimum atomic E-state index is -1.03. The van der Waals surface area contributed by atoms with Gasteiger partial charge < -0.3 is 0 Å². The fraction of sp³-hybridized carbons (Fsp3) is 0.0769. The molecule has 1 unspecified atom stereocenters. The summed E-state index contributed by atoms with van der Waals surface area (Å²) in [6, 6.07) is 6.55. The summed E-state index contributed by atoms with van der Waals surface area (Å²) in [7, 11) is 0. The fourth-order valence-corrected chi connectivity index (χ4v) is 2.75. The van der Waals surface area contributed by atoms with Gasteiger partial charge in [-0.05, 0) is 41.5 Å². The second-order valence-corrected chi connectivity index (χ2v) is 5.50. The van der Waals surface area contributed by atoms with Gasteiger partial charge in [-0.15, -0.1) is 11.6 Å². The molecule has 2 aromatic carbocycles. The Bertz CT molecular complexity index is 628. The molecular weight excluding hydrogens is 336 g/mol. The summed E-state index contributed by atoms with van der Waals surface area (Å²) in [5.41, 5.74) is 0.704. The molecule has 0 N–H and O–H groups in total. The molecule has 0 bridgehead atoms. The SMILES string of the molecule is Fc1cc(Cl)c(C(Cl)c2cc(Cl)ccc2Cl)cc1F.